The van der Waals surface area contributed by atoms with E-state index >= 15 is 0 Å². The van der Waals surface area contributed by atoms with Crippen LogP contribution in [0, 0.1) is 6.92 Å². The number of aromatic nitrogens is 1. The van der Waals surface area contributed by atoms with Gasteiger partial charge in [-0.25, -0.2) is 9.78 Å². The molecule has 0 atom stereocenters. The van der Waals surface area contributed by atoms with Crippen LogP contribution in [-0.4, -0.2) is 37.2 Å². The number of esters is 1. The number of amides is 1. The van der Waals surface area contributed by atoms with E-state index in [1.807, 2.05) is 30.3 Å². The molecule has 2 aromatic heterocycles. The summed E-state index contributed by atoms with van der Waals surface area (Å²) in [5.74, 6) is 0.775. The van der Waals surface area contributed by atoms with Gasteiger partial charge >= 0.3 is 5.97 Å². The maximum absolute atomic E-state index is 12.7. The van der Waals surface area contributed by atoms with Crippen molar-refractivity contribution in [3.05, 3.63) is 65.4 Å². The number of benzene rings is 2. The van der Waals surface area contributed by atoms with Crippen molar-refractivity contribution in [2.75, 3.05) is 25.6 Å². The fraction of sp³-hybridized carbons (Fsp3) is 0.160. The van der Waals surface area contributed by atoms with Gasteiger partial charge in [0, 0.05) is 6.08 Å². The van der Waals surface area contributed by atoms with Gasteiger partial charge < -0.3 is 18.6 Å². The minimum absolute atomic E-state index is 0.133. The minimum Gasteiger partial charge on any atom is -0.486 e. The Balaban J connectivity index is 1.46. The number of carbonyl (C=O) groups excluding carboxylic acids is 2. The number of aryl methyl sites for hydroxylation is 1. The molecule has 5 rings (SSSR count). The average molecular weight is 477 g/mol. The highest BCUT2D eigenvalue weighted by Gasteiger charge is 2.28. The first-order valence-corrected chi connectivity index (χ1v) is 11.3. The van der Waals surface area contributed by atoms with E-state index in [-0.39, 0.29) is 11.4 Å². The van der Waals surface area contributed by atoms with Gasteiger partial charge in [-0.3, -0.25) is 10.1 Å². The highest BCUT2D eigenvalue weighted by atomic mass is 32.1. The zero-order valence-corrected chi connectivity index (χ0v) is 19.2. The quantitative estimate of drug-likeness (QED) is 0.317. The number of carbonyl (C=O) groups is 2. The van der Waals surface area contributed by atoms with Crippen LogP contribution in [0.2, 0.25) is 0 Å². The molecule has 172 valence electrons. The molecule has 0 aliphatic carbocycles. The third kappa shape index (κ3) is 4.13. The number of rotatable bonds is 5. The molecule has 0 radical (unpaired) electrons. The lowest BCUT2D eigenvalue weighted by atomic mass is 10.1. The first-order chi connectivity index (χ1) is 16.5. The summed E-state index contributed by atoms with van der Waals surface area (Å²) in [7, 11) is 1.30. The molecule has 8 nitrogen and oxygen atoms in total. The van der Waals surface area contributed by atoms with E-state index in [1.54, 1.807) is 25.1 Å². The predicted molar refractivity (Wildman–Crippen MR) is 128 cm³/mol. The number of thiazole rings is 1. The van der Waals surface area contributed by atoms with Gasteiger partial charge in [-0.2, -0.15) is 0 Å². The maximum Gasteiger partial charge on any atom is 0.342 e. The summed E-state index contributed by atoms with van der Waals surface area (Å²) < 4.78 is 22.8. The van der Waals surface area contributed by atoms with E-state index in [1.165, 1.54) is 24.5 Å². The van der Waals surface area contributed by atoms with Gasteiger partial charge in [-0.05, 0) is 42.8 Å². The molecule has 4 aromatic rings. The number of fused-ring (bicyclic) bond motifs is 2. The third-order valence-electron chi connectivity index (χ3n) is 5.21. The molecule has 0 fully saturated rings. The number of hydrogen-bond donors (Lipinski definition) is 1. The van der Waals surface area contributed by atoms with Gasteiger partial charge in [0.25, 0.3) is 5.91 Å². The van der Waals surface area contributed by atoms with Crippen molar-refractivity contribution in [3.63, 3.8) is 0 Å². The Bertz CT molecular complexity index is 1400. The topological polar surface area (TPSA) is 99.9 Å². The molecule has 9 heteroatoms. The van der Waals surface area contributed by atoms with Crippen LogP contribution in [0.3, 0.4) is 0 Å². The molecule has 34 heavy (non-hydrogen) atoms. The number of para-hydroxylation sites is 1. The molecule has 0 saturated carbocycles. The molecule has 1 aliphatic rings. The zero-order chi connectivity index (χ0) is 23.7. The average Bonchev–Trinajstić information content (AvgIpc) is 3.42. The van der Waals surface area contributed by atoms with E-state index in [2.05, 4.69) is 10.3 Å². The van der Waals surface area contributed by atoms with Gasteiger partial charge in [0.2, 0.25) is 5.88 Å². The summed E-state index contributed by atoms with van der Waals surface area (Å²) >= 11 is 1.40. The molecular weight excluding hydrogens is 456 g/mol. The number of furan rings is 1. The summed E-state index contributed by atoms with van der Waals surface area (Å²) in [6.45, 7) is 2.64. The Hall–Kier alpha value is -4.11. The Morgan fingerprint density at radius 1 is 1.12 bits per heavy atom. The molecule has 1 amide bonds. The summed E-state index contributed by atoms with van der Waals surface area (Å²) in [6, 6.07) is 13.1. The van der Waals surface area contributed by atoms with Crippen LogP contribution in [0.25, 0.3) is 26.9 Å². The molecule has 0 unspecified atom stereocenters. The van der Waals surface area contributed by atoms with Crippen LogP contribution >= 0.6 is 11.3 Å². The normalized spacial score (nSPS) is 12.8. The van der Waals surface area contributed by atoms with Gasteiger partial charge in [0.1, 0.15) is 29.5 Å². The standard InChI is InChI=1S/C25H20N2O6S/c1-14-21(25(29)30-2)22(24-26-16-5-3-4-6-19(16)34-24)23(33-14)27-20(28)10-8-15-7-9-17-18(13-15)32-12-11-31-17/h3-10,13H,11-12H2,1-2H3,(H,27,28)/b10-8-. The highest BCUT2D eigenvalue weighted by Crippen LogP contribution is 2.40. The molecule has 0 spiro atoms. The van der Waals surface area contributed by atoms with Crippen molar-refractivity contribution in [2.45, 2.75) is 6.92 Å². The second-order valence-electron chi connectivity index (χ2n) is 7.44. The lowest BCUT2D eigenvalue weighted by Crippen LogP contribution is -2.15. The van der Waals surface area contributed by atoms with Gasteiger partial charge in [0.15, 0.2) is 11.5 Å². The second-order valence-corrected chi connectivity index (χ2v) is 8.47. The fourth-order valence-electron chi connectivity index (χ4n) is 3.65. The summed E-state index contributed by atoms with van der Waals surface area (Å²) in [5, 5.41) is 3.28. The first kappa shape index (κ1) is 21.7. The molecular formula is C25H20N2O6S. The lowest BCUT2D eigenvalue weighted by Gasteiger charge is -2.18. The highest BCUT2D eigenvalue weighted by molar-refractivity contribution is 7.21. The number of ether oxygens (including phenoxy) is 3. The Kier molecular flexibility index (Phi) is 5.77. The van der Waals surface area contributed by atoms with Crippen molar-refractivity contribution >= 4 is 45.4 Å². The van der Waals surface area contributed by atoms with E-state index in [0.29, 0.717) is 41.0 Å². The molecule has 0 bridgehead atoms. The second kappa shape index (κ2) is 9.03. The number of nitrogens with zero attached hydrogens (tertiary/aromatic N) is 1. The number of nitrogens with one attached hydrogen (secondary N) is 1. The molecule has 0 saturated heterocycles. The van der Waals surface area contributed by atoms with E-state index in [4.69, 9.17) is 18.6 Å². The zero-order valence-electron chi connectivity index (χ0n) is 18.4. The third-order valence-corrected chi connectivity index (χ3v) is 6.27. The molecule has 1 aliphatic heterocycles. The smallest absolute Gasteiger partial charge is 0.342 e. The molecule has 2 aromatic carbocycles. The van der Waals surface area contributed by atoms with E-state index in [9.17, 15) is 9.59 Å². The Morgan fingerprint density at radius 2 is 1.91 bits per heavy atom. The largest absolute Gasteiger partial charge is 0.486 e. The van der Waals surface area contributed by atoms with Crippen LogP contribution in [-0.2, 0) is 9.53 Å². The van der Waals surface area contributed by atoms with Crippen molar-refractivity contribution in [2.24, 2.45) is 0 Å². The van der Waals surface area contributed by atoms with Crippen LogP contribution < -0.4 is 14.8 Å². The van der Waals surface area contributed by atoms with E-state index in [0.717, 1.165) is 15.8 Å². The Labute approximate surface area is 198 Å². The van der Waals surface area contributed by atoms with Gasteiger partial charge in [0.05, 0.1) is 22.9 Å². The molecule has 1 N–H and O–H groups in total. The maximum atomic E-state index is 12.7. The van der Waals surface area contributed by atoms with Crippen molar-refractivity contribution < 1.29 is 28.2 Å². The summed E-state index contributed by atoms with van der Waals surface area (Å²) in [6.07, 6.45) is 3.03. The minimum atomic E-state index is -0.567. The number of methoxy groups -OCH3 is 1. The molecule has 3 heterocycles. The van der Waals surface area contributed by atoms with Gasteiger partial charge in [-0.15, -0.1) is 11.3 Å². The van der Waals surface area contributed by atoms with Crippen molar-refractivity contribution in [1.82, 2.24) is 4.98 Å². The van der Waals surface area contributed by atoms with Crippen LogP contribution in [0.1, 0.15) is 21.7 Å². The number of hydrogen-bond acceptors (Lipinski definition) is 8. The van der Waals surface area contributed by atoms with Crippen LogP contribution in [0.5, 0.6) is 11.5 Å². The summed E-state index contributed by atoms with van der Waals surface area (Å²) in [5.41, 5.74) is 2.18. The monoisotopic (exact) mass is 476 g/mol. The van der Waals surface area contributed by atoms with Crippen LogP contribution in [0.4, 0.5) is 5.88 Å². The van der Waals surface area contributed by atoms with Gasteiger partial charge in [-0.1, -0.05) is 18.2 Å². The first-order valence-electron chi connectivity index (χ1n) is 10.5. The van der Waals surface area contributed by atoms with E-state index < -0.39 is 11.9 Å². The van der Waals surface area contributed by atoms with Crippen molar-refractivity contribution in [1.29, 1.82) is 0 Å². The predicted octanol–water partition coefficient (Wildman–Crippen LogP) is 5.07. The van der Waals surface area contributed by atoms with Crippen molar-refractivity contribution in [3.8, 4) is 22.1 Å². The van der Waals surface area contributed by atoms with Crippen LogP contribution in [0.15, 0.2) is 53.0 Å². The number of anilines is 1. The SMILES string of the molecule is COC(=O)c1c(C)oc(NC(=O)/C=C\c2ccc3c(c2)OCCO3)c1-c1nc2ccccc2s1. The summed E-state index contributed by atoms with van der Waals surface area (Å²) in [4.78, 5) is 29.9. The fourth-order valence-corrected chi connectivity index (χ4v) is 4.67. The lowest BCUT2D eigenvalue weighted by molar-refractivity contribution is -0.111. The Morgan fingerprint density at radius 3 is 2.71 bits per heavy atom.